The highest BCUT2D eigenvalue weighted by atomic mass is 16.5. The maximum Gasteiger partial charge on any atom is 0.267 e. The summed E-state index contributed by atoms with van der Waals surface area (Å²) in [7, 11) is 0. The summed E-state index contributed by atoms with van der Waals surface area (Å²) in [6.07, 6.45) is 1.87. The number of hydrogen-bond donors (Lipinski definition) is 2. The van der Waals surface area contributed by atoms with Crippen molar-refractivity contribution in [3.8, 4) is 5.75 Å². The van der Waals surface area contributed by atoms with Crippen molar-refractivity contribution in [2.45, 2.75) is 50.8 Å². The second kappa shape index (κ2) is 9.20. The molecule has 0 aromatic heterocycles. The molecule has 1 saturated carbocycles. The fraction of sp³-hybridized carbons (Fsp3) is 0.375. The second-order valence-electron chi connectivity index (χ2n) is 8.06. The summed E-state index contributed by atoms with van der Waals surface area (Å²) in [6.45, 7) is 1.92. The van der Waals surface area contributed by atoms with Gasteiger partial charge in [0.2, 0.25) is 11.8 Å². The molecular formula is C24H27N3O4. The Bertz CT molecular complexity index is 958. The Morgan fingerprint density at radius 1 is 1.10 bits per heavy atom. The summed E-state index contributed by atoms with van der Waals surface area (Å²) in [4.78, 5) is 39.6. The van der Waals surface area contributed by atoms with Crippen molar-refractivity contribution in [3.05, 3.63) is 60.2 Å². The van der Waals surface area contributed by atoms with Gasteiger partial charge in [0, 0.05) is 25.4 Å². The molecule has 3 amide bonds. The summed E-state index contributed by atoms with van der Waals surface area (Å²) < 4.78 is 5.64. The van der Waals surface area contributed by atoms with Crippen molar-refractivity contribution in [3.63, 3.8) is 0 Å². The van der Waals surface area contributed by atoms with Crippen molar-refractivity contribution in [2.24, 2.45) is 0 Å². The zero-order valence-electron chi connectivity index (χ0n) is 17.5. The van der Waals surface area contributed by atoms with Gasteiger partial charge in [-0.05, 0) is 37.5 Å². The summed E-state index contributed by atoms with van der Waals surface area (Å²) >= 11 is 0. The number of fused-ring (bicyclic) bond motifs is 1. The van der Waals surface area contributed by atoms with Crippen LogP contribution in [0, 0.1) is 0 Å². The Hall–Kier alpha value is -3.35. The number of nitrogens with one attached hydrogen (secondary N) is 2. The first-order valence-corrected chi connectivity index (χ1v) is 10.7. The molecule has 1 aliphatic heterocycles. The minimum atomic E-state index is -0.651. The van der Waals surface area contributed by atoms with Gasteiger partial charge in [0.1, 0.15) is 11.8 Å². The molecule has 31 heavy (non-hydrogen) atoms. The van der Waals surface area contributed by atoms with E-state index in [0.717, 1.165) is 18.4 Å². The number of ether oxygens (including phenoxy) is 1. The molecule has 2 aromatic rings. The number of anilines is 1. The average Bonchev–Trinajstić information content (AvgIpc) is 3.58. The minimum Gasteiger partial charge on any atom is -0.479 e. The summed E-state index contributed by atoms with van der Waals surface area (Å²) in [5, 5.41) is 5.84. The van der Waals surface area contributed by atoms with Crippen LogP contribution in [0.4, 0.5) is 5.69 Å². The first-order valence-electron chi connectivity index (χ1n) is 10.7. The molecule has 7 nitrogen and oxygen atoms in total. The van der Waals surface area contributed by atoms with E-state index in [-0.39, 0.29) is 36.7 Å². The van der Waals surface area contributed by atoms with Gasteiger partial charge >= 0.3 is 0 Å². The van der Waals surface area contributed by atoms with Gasteiger partial charge in [-0.25, -0.2) is 0 Å². The maximum atomic E-state index is 12.7. The third-order valence-electron chi connectivity index (χ3n) is 5.49. The molecule has 162 valence electrons. The number of rotatable bonds is 8. The third kappa shape index (κ3) is 5.23. The van der Waals surface area contributed by atoms with Gasteiger partial charge in [-0.2, -0.15) is 0 Å². The summed E-state index contributed by atoms with van der Waals surface area (Å²) in [5.74, 6) is 0.0111. The van der Waals surface area contributed by atoms with Gasteiger partial charge in [-0.15, -0.1) is 0 Å². The van der Waals surface area contributed by atoms with Crippen molar-refractivity contribution in [1.82, 2.24) is 10.6 Å². The van der Waals surface area contributed by atoms with Gasteiger partial charge in [-0.3, -0.25) is 14.4 Å². The molecule has 2 N–H and O–H groups in total. The quantitative estimate of drug-likeness (QED) is 0.684. The summed E-state index contributed by atoms with van der Waals surface area (Å²) in [5.41, 5.74) is 1.63. The number of amides is 3. The first kappa shape index (κ1) is 20.9. The predicted molar refractivity (Wildman–Crippen MR) is 117 cm³/mol. The highest BCUT2D eigenvalue weighted by molar-refractivity contribution is 6.00. The van der Waals surface area contributed by atoms with E-state index in [1.807, 2.05) is 48.5 Å². The zero-order valence-corrected chi connectivity index (χ0v) is 17.5. The smallest absolute Gasteiger partial charge is 0.267 e. The highest BCUT2D eigenvalue weighted by Crippen LogP contribution is 2.33. The van der Waals surface area contributed by atoms with Gasteiger partial charge in [0.15, 0.2) is 6.10 Å². The van der Waals surface area contributed by atoms with E-state index in [1.54, 1.807) is 17.9 Å². The van der Waals surface area contributed by atoms with Crippen LogP contribution in [0.3, 0.4) is 0 Å². The van der Waals surface area contributed by atoms with E-state index < -0.39 is 12.1 Å². The van der Waals surface area contributed by atoms with Crippen molar-refractivity contribution < 1.29 is 19.1 Å². The molecule has 0 radical (unpaired) electrons. The summed E-state index contributed by atoms with van der Waals surface area (Å²) in [6, 6.07) is 16.5. The minimum absolute atomic E-state index is 0.0921. The molecule has 2 atom stereocenters. The van der Waals surface area contributed by atoms with E-state index in [2.05, 4.69) is 10.6 Å². The Morgan fingerprint density at radius 2 is 1.81 bits per heavy atom. The molecule has 0 spiro atoms. The Kier molecular flexibility index (Phi) is 6.21. The molecule has 2 unspecified atom stereocenters. The van der Waals surface area contributed by atoms with Crippen LogP contribution in [-0.2, 0) is 20.8 Å². The molecule has 0 saturated heterocycles. The molecule has 1 aliphatic carbocycles. The SMILES string of the molecule is CC1Oc2ccccc2N(CCC(=O)NC(Cc2ccccc2)C(=O)NC2CC2)C1=O. The van der Waals surface area contributed by atoms with E-state index in [0.29, 0.717) is 17.9 Å². The monoisotopic (exact) mass is 421 g/mol. The standard InChI is InChI=1S/C24H27N3O4/c1-16-24(30)27(20-9-5-6-10-21(20)31-16)14-13-22(28)26-19(23(29)25-18-11-12-18)15-17-7-3-2-4-8-17/h2-10,16,18-19H,11-15H2,1H3,(H,25,29)(H,26,28). The van der Waals surface area contributed by atoms with E-state index in [1.165, 1.54) is 0 Å². The van der Waals surface area contributed by atoms with E-state index in [9.17, 15) is 14.4 Å². The van der Waals surface area contributed by atoms with Crippen LogP contribution in [0.25, 0.3) is 0 Å². The Balaban J connectivity index is 1.40. The molecule has 2 aromatic carbocycles. The molecular weight excluding hydrogens is 394 g/mol. The lowest BCUT2D eigenvalue weighted by molar-refractivity contribution is -0.129. The molecule has 7 heteroatoms. The van der Waals surface area contributed by atoms with E-state index >= 15 is 0 Å². The third-order valence-corrected chi connectivity index (χ3v) is 5.49. The van der Waals surface area contributed by atoms with Gasteiger partial charge in [0.05, 0.1) is 5.69 Å². The molecule has 1 heterocycles. The van der Waals surface area contributed by atoms with Crippen molar-refractivity contribution in [2.75, 3.05) is 11.4 Å². The van der Waals surface area contributed by atoms with E-state index in [4.69, 9.17) is 4.74 Å². The fourth-order valence-corrected chi connectivity index (χ4v) is 3.66. The lowest BCUT2D eigenvalue weighted by atomic mass is 10.0. The molecule has 0 bridgehead atoms. The Labute approximate surface area is 181 Å². The normalized spacial score (nSPS) is 18.5. The number of para-hydroxylation sites is 2. The van der Waals surface area contributed by atoms with Crippen LogP contribution >= 0.6 is 0 Å². The maximum absolute atomic E-state index is 12.7. The average molecular weight is 421 g/mol. The number of nitrogens with zero attached hydrogens (tertiary/aromatic N) is 1. The van der Waals surface area contributed by atoms with Crippen LogP contribution in [0.2, 0.25) is 0 Å². The van der Waals surface area contributed by atoms with Crippen LogP contribution < -0.4 is 20.3 Å². The topological polar surface area (TPSA) is 87.7 Å². The largest absolute Gasteiger partial charge is 0.479 e. The van der Waals surface area contributed by atoms with Gasteiger partial charge < -0.3 is 20.3 Å². The predicted octanol–water partition coefficient (Wildman–Crippen LogP) is 2.20. The lowest BCUT2D eigenvalue weighted by Crippen LogP contribution is -2.50. The van der Waals surface area contributed by atoms with Crippen LogP contribution in [0.5, 0.6) is 5.75 Å². The van der Waals surface area contributed by atoms with Crippen LogP contribution in [0.15, 0.2) is 54.6 Å². The van der Waals surface area contributed by atoms with Crippen molar-refractivity contribution in [1.29, 1.82) is 0 Å². The first-order chi connectivity index (χ1) is 15.0. The number of benzene rings is 2. The lowest BCUT2D eigenvalue weighted by Gasteiger charge is -2.33. The van der Waals surface area contributed by atoms with Crippen LogP contribution in [-0.4, -0.2) is 42.5 Å². The molecule has 2 aliphatic rings. The Morgan fingerprint density at radius 3 is 2.55 bits per heavy atom. The van der Waals surface area contributed by atoms with Crippen LogP contribution in [0.1, 0.15) is 31.7 Å². The highest BCUT2D eigenvalue weighted by Gasteiger charge is 2.32. The van der Waals surface area contributed by atoms with Gasteiger partial charge in [-0.1, -0.05) is 42.5 Å². The number of carbonyl (C=O) groups is 3. The second-order valence-corrected chi connectivity index (χ2v) is 8.06. The zero-order chi connectivity index (χ0) is 21.8. The number of hydrogen-bond acceptors (Lipinski definition) is 4. The number of carbonyl (C=O) groups excluding carboxylic acids is 3. The molecule has 4 rings (SSSR count). The fourth-order valence-electron chi connectivity index (χ4n) is 3.66. The molecule has 1 fully saturated rings. The van der Waals surface area contributed by atoms with Gasteiger partial charge in [0.25, 0.3) is 5.91 Å². The van der Waals surface area contributed by atoms with Crippen molar-refractivity contribution >= 4 is 23.4 Å².